The van der Waals surface area contributed by atoms with Crippen molar-refractivity contribution in [1.82, 2.24) is 0 Å². The van der Waals surface area contributed by atoms with E-state index in [1.807, 2.05) is 0 Å². The van der Waals surface area contributed by atoms with Crippen LogP contribution in [0.1, 0.15) is 79.4 Å². The molecule has 3 N–H and O–H groups in total. The van der Waals surface area contributed by atoms with Crippen molar-refractivity contribution in [3.05, 3.63) is 0 Å². The van der Waals surface area contributed by atoms with Gasteiger partial charge in [0.15, 0.2) is 6.29 Å². The first-order chi connectivity index (χ1) is 13.5. The molecule has 0 aromatic heterocycles. The predicted octanol–water partition coefficient (Wildman–Crippen LogP) is 2.29. The molecule has 1 unspecified atom stereocenters. The largest absolute Gasteiger partial charge is 0.463 e. The standard InChI is InChI=1S/C20H38O7/c1-3-5-6-7-8-9-10-11-12-13-16(21)26-14-15-17(22)18(23)19(24)20(27-15)25-4-2/h15,17-20,22-24H,3-14H2,1-2H3/t15-,17-,18+,19-,20?/m1/s1/i1D. The zero-order chi connectivity index (χ0) is 20.8. The fraction of sp³-hybridized carbons (Fsp3) is 0.950. The van der Waals surface area contributed by atoms with Gasteiger partial charge in [0.25, 0.3) is 0 Å². The molecule has 0 aromatic carbocycles. The Morgan fingerprint density at radius 3 is 2.22 bits per heavy atom. The molecule has 5 atom stereocenters. The Morgan fingerprint density at radius 1 is 0.963 bits per heavy atom. The SMILES string of the molecule is [2H]CCCCCCCCCCCC(=O)OC[C@H]1OC(OCC)[C@H](O)[C@@H](O)[C@@H]1O. The number of carbonyl (C=O) groups excluding carboxylic acids is 1. The number of aliphatic hydroxyl groups excluding tert-OH is 3. The van der Waals surface area contributed by atoms with Crippen molar-refractivity contribution >= 4 is 5.97 Å². The van der Waals surface area contributed by atoms with E-state index in [-0.39, 0.29) is 19.2 Å². The topological polar surface area (TPSA) is 105 Å². The lowest BCUT2D eigenvalue weighted by Gasteiger charge is -2.39. The normalized spacial score (nSPS) is 28.7. The summed E-state index contributed by atoms with van der Waals surface area (Å²) in [7, 11) is 0. The molecule has 0 aromatic rings. The van der Waals surface area contributed by atoms with Gasteiger partial charge in [-0.25, -0.2) is 0 Å². The third kappa shape index (κ3) is 9.34. The molecule has 0 radical (unpaired) electrons. The lowest BCUT2D eigenvalue weighted by molar-refractivity contribution is -0.300. The van der Waals surface area contributed by atoms with Crippen molar-refractivity contribution in [2.75, 3.05) is 13.2 Å². The molecule has 1 saturated heterocycles. The second kappa shape index (κ2) is 14.3. The Hall–Kier alpha value is -0.730. The molecule has 1 aliphatic rings. The van der Waals surface area contributed by atoms with Gasteiger partial charge in [-0.2, -0.15) is 0 Å². The number of rotatable bonds is 14. The summed E-state index contributed by atoms with van der Waals surface area (Å²) in [6.45, 7) is 2.34. The number of hydrogen-bond donors (Lipinski definition) is 3. The van der Waals surface area contributed by atoms with Crippen LogP contribution in [0.15, 0.2) is 0 Å². The lowest BCUT2D eigenvalue weighted by Crippen LogP contribution is -2.59. The minimum Gasteiger partial charge on any atom is -0.463 e. The second-order valence-electron chi connectivity index (χ2n) is 7.09. The predicted molar refractivity (Wildman–Crippen MR) is 101 cm³/mol. The van der Waals surface area contributed by atoms with E-state index in [0.29, 0.717) is 13.3 Å². The first-order valence-electron chi connectivity index (χ1n) is 11.0. The first-order valence-corrected chi connectivity index (χ1v) is 10.3. The molecule has 7 nitrogen and oxygen atoms in total. The van der Waals surface area contributed by atoms with Crippen LogP contribution in [-0.2, 0) is 19.0 Å². The Balaban J connectivity index is 2.10. The van der Waals surface area contributed by atoms with E-state index in [2.05, 4.69) is 0 Å². The van der Waals surface area contributed by atoms with Gasteiger partial charge in [-0.05, 0) is 13.3 Å². The summed E-state index contributed by atoms with van der Waals surface area (Å²) in [5.74, 6) is -0.361. The average Bonchev–Trinajstić information content (AvgIpc) is 2.69. The van der Waals surface area contributed by atoms with Crippen LogP contribution in [0.3, 0.4) is 0 Å². The monoisotopic (exact) mass is 391 g/mol. The minimum atomic E-state index is -1.42. The van der Waals surface area contributed by atoms with Crippen LogP contribution in [0.25, 0.3) is 0 Å². The quantitative estimate of drug-likeness (QED) is 0.308. The van der Waals surface area contributed by atoms with Gasteiger partial charge in [0.05, 0.1) is 0 Å². The molecular formula is C20H38O7. The van der Waals surface area contributed by atoms with Crippen molar-refractivity contribution in [2.45, 2.75) is 109 Å². The van der Waals surface area contributed by atoms with E-state index in [1.54, 1.807) is 6.92 Å². The Kier molecular flexibility index (Phi) is 11.9. The van der Waals surface area contributed by atoms with Crippen molar-refractivity contribution in [3.8, 4) is 0 Å². The molecule has 27 heavy (non-hydrogen) atoms. The molecule has 0 saturated carbocycles. The van der Waals surface area contributed by atoms with Crippen LogP contribution < -0.4 is 0 Å². The number of hydrogen-bond acceptors (Lipinski definition) is 7. The highest BCUT2D eigenvalue weighted by atomic mass is 16.7. The number of ether oxygens (including phenoxy) is 3. The number of aliphatic hydroxyl groups is 3. The molecule has 1 fully saturated rings. The van der Waals surface area contributed by atoms with E-state index in [9.17, 15) is 20.1 Å². The Bertz CT molecular complexity index is 410. The highest BCUT2D eigenvalue weighted by molar-refractivity contribution is 5.69. The Morgan fingerprint density at radius 2 is 1.59 bits per heavy atom. The van der Waals surface area contributed by atoms with E-state index in [4.69, 9.17) is 15.6 Å². The first kappa shape index (κ1) is 22.6. The van der Waals surface area contributed by atoms with Gasteiger partial charge in [0.2, 0.25) is 0 Å². The van der Waals surface area contributed by atoms with Crippen LogP contribution in [0.5, 0.6) is 0 Å². The van der Waals surface area contributed by atoms with Gasteiger partial charge in [0, 0.05) is 14.4 Å². The molecule has 1 rings (SSSR count). The highest BCUT2D eigenvalue weighted by Gasteiger charge is 2.44. The van der Waals surface area contributed by atoms with Crippen molar-refractivity contribution < 1.29 is 35.7 Å². The number of unbranched alkanes of at least 4 members (excludes halogenated alkanes) is 8. The van der Waals surface area contributed by atoms with Gasteiger partial charge in [-0.3, -0.25) is 4.79 Å². The van der Waals surface area contributed by atoms with Gasteiger partial charge in [-0.1, -0.05) is 58.3 Å². The third-order valence-electron chi connectivity index (χ3n) is 4.79. The van der Waals surface area contributed by atoms with Crippen molar-refractivity contribution in [2.24, 2.45) is 0 Å². The summed E-state index contributed by atoms with van der Waals surface area (Å²) < 4.78 is 22.8. The maximum Gasteiger partial charge on any atom is 0.305 e. The second-order valence-corrected chi connectivity index (χ2v) is 7.09. The molecule has 160 valence electrons. The van der Waals surface area contributed by atoms with Crippen LogP contribution in [-0.4, -0.2) is 65.2 Å². The smallest absolute Gasteiger partial charge is 0.305 e. The van der Waals surface area contributed by atoms with Crippen LogP contribution in [0.4, 0.5) is 0 Å². The summed E-state index contributed by atoms with van der Waals surface area (Å²) in [5.41, 5.74) is 0. The molecular weight excluding hydrogens is 352 g/mol. The lowest BCUT2D eigenvalue weighted by atomic mass is 9.99. The van der Waals surface area contributed by atoms with Gasteiger partial charge in [0.1, 0.15) is 31.0 Å². The fourth-order valence-corrected chi connectivity index (χ4v) is 3.11. The van der Waals surface area contributed by atoms with Gasteiger partial charge in [-0.15, -0.1) is 0 Å². The fourth-order valence-electron chi connectivity index (χ4n) is 3.11. The van der Waals surface area contributed by atoms with Crippen LogP contribution in [0.2, 0.25) is 0 Å². The maximum absolute atomic E-state index is 11.9. The van der Waals surface area contributed by atoms with E-state index < -0.39 is 30.7 Å². The number of esters is 1. The highest BCUT2D eigenvalue weighted by Crippen LogP contribution is 2.22. The minimum absolute atomic E-state index is 0.189. The van der Waals surface area contributed by atoms with Crippen molar-refractivity contribution in [1.29, 1.82) is 0 Å². The zero-order valence-corrected chi connectivity index (χ0v) is 16.6. The maximum atomic E-state index is 11.9. The van der Waals surface area contributed by atoms with Crippen LogP contribution in [0, 0.1) is 0 Å². The summed E-state index contributed by atoms with van der Waals surface area (Å²) in [6, 6.07) is 0. The summed E-state index contributed by atoms with van der Waals surface area (Å²) in [4.78, 5) is 11.9. The zero-order valence-electron chi connectivity index (χ0n) is 17.6. The molecule has 0 bridgehead atoms. The molecule has 0 amide bonds. The van der Waals surface area contributed by atoms with E-state index in [0.717, 1.165) is 38.5 Å². The summed E-state index contributed by atoms with van der Waals surface area (Å²) in [5, 5.41) is 29.7. The molecule has 1 aliphatic heterocycles. The van der Waals surface area contributed by atoms with E-state index in [1.165, 1.54) is 19.3 Å². The molecule has 1 heterocycles. The summed E-state index contributed by atoms with van der Waals surface area (Å²) >= 11 is 0. The van der Waals surface area contributed by atoms with Crippen molar-refractivity contribution in [3.63, 3.8) is 0 Å². The molecule has 7 heteroatoms. The van der Waals surface area contributed by atoms with E-state index >= 15 is 0 Å². The number of carbonyl (C=O) groups is 1. The van der Waals surface area contributed by atoms with Gasteiger partial charge >= 0.3 is 5.97 Å². The van der Waals surface area contributed by atoms with Crippen LogP contribution >= 0.6 is 0 Å². The van der Waals surface area contributed by atoms with Gasteiger partial charge < -0.3 is 29.5 Å². The Labute approximate surface area is 164 Å². The summed E-state index contributed by atoms with van der Waals surface area (Å²) in [6.07, 6.45) is 3.97. The molecule has 0 aliphatic carbocycles. The molecule has 0 spiro atoms. The third-order valence-corrected chi connectivity index (χ3v) is 4.79. The average molecular weight is 392 g/mol.